The van der Waals surface area contributed by atoms with Gasteiger partial charge in [-0.25, -0.2) is 8.78 Å². The molecular weight excluding hydrogens is 422 g/mol. The van der Waals surface area contributed by atoms with Crippen LogP contribution in [0.15, 0.2) is 103 Å². The lowest BCUT2D eigenvalue weighted by Gasteiger charge is -2.14. The molecule has 4 rings (SSSR count). The molecule has 0 N–H and O–H groups in total. The van der Waals surface area contributed by atoms with Gasteiger partial charge in [0.25, 0.3) is 0 Å². The van der Waals surface area contributed by atoms with Gasteiger partial charge in [-0.05, 0) is 77.6 Å². The van der Waals surface area contributed by atoms with Crippen LogP contribution in [0.5, 0.6) is 0 Å². The zero-order valence-corrected chi connectivity index (χ0v) is 19.8. The third kappa shape index (κ3) is 5.69. The second-order valence-corrected chi connectivity index (χ2v) is 8.82. The molecule has 0 saturated carbocycles. The molecule has 0 aromatic heterocycles. The number of rotatable bonds is 8. The van der Waals surface area contributed by atoms with Crippen LogP contribution in [-0.4, -0.2) is 0 Å². The Hall–Kier alpha value is -3.52. The molecule has 1 atom stereocenters. The second-order valence-electron chi connectivity index (χ2n) is 8.82. The molecule has 0 radical (unpaired) electrons. The molecule has 0 nitrogen and oxygen atoms in total. The lowest BCUT2D eigenvalue weighted by atomic mass is 9.92. The van der Waals surface area contributed by atoms with Gasteiger partial charge in [0, 0.05) is 5.56 Å². The van der Waals surface area contributed by atoms with Crippen LogP contribution in [0.2, 0.25) is 0 Å². The average molecular weight is 453 g/mol. The quantitative estimate of drug-likeness (QED) is 0.234. The standard InChI is InChI=1S/C32H30F2/c1-3-4-6-9-24-12-14-26(15-13-24)27-16-18-28(19-17-27)29-21-31(33)30(32(34)22-29)20-23(2)25-10-7-5-8-11-25/h3-5,7-8,10-19,21-23H,6,9,20H2,1-2H3/b4-3+. The van der Waals surface area contributed by atoms with Crippen molar-refractivity contribution in [2.75, 3.05) is 0 Å². The highest BCUT2D eigenvalue weighted by Crippen LogP contribution is 2.30. The molecule has 4 aromatic carbocycles. The monoisotopic (exact) mass is 452 g/mol. The lowest BCUT2D eigenvalue weighted by molar-refractivity contribution is 0.544. The van der Waals surface area contributed by atoms with E-state index < -0.39 is 11.6 Å². The third-order valence-corrected chi connectivity index (χ3v) is 6.36. The molecule has 0 aliphatic heterocycles. The van der Waals surface area contributed by atoms with Crippen molar-refractivity contribution >= 4 is 0 Å². The van der Waals surface area contributed by atoms with Crippen molar-refractivity contribution in [2.45, 2.75) is 39.0 Å². The van der Waals surface area contributed by atoms with E-state index in [2.05, 4.69) is 36.4 Å². The third-order valence-electron chi connectivity index (χ3n) is 6.36. The summed E-state index contributed by atoms with van der Waals surface area (Å²) < 4.78 is 29.8. The molecule has 0 spiro atoms. The van der Waals surface area contributed by atoms with Crippen LogP contribution < -0.4 is 0 Å². The summed E-state index contributed by atoms with van der Waals surface area (Å²) in [5.41, 5.74) is 6.09. The summed E-state index contributed by atoms with van der Waals surface area (Å²) in [5.74, 6) is -0.949. The molecule has 0 bridgehead atoms. The Morgan fingerprint density at radius 1 is 0.706 bits per heavy atom. The molecule has 34 heavy (non-hydrogen) atoms. The highest BCUT2D eigenvalue weighted by Gasteiger charge is 2.16. The van der Waals surface area contributed by atoms with Crippen LogP contribution in [0, 0.1) is 11.6 Å². The predicted molar refractivity (Wildman–Crippen MR) is 139 cm³/mol. The fourth-order valence-electron chi connectivity index (χ4n) is 4.31. The molecule has 4 aromatic rings. The molecule has 2 heteroatoms. The van der Waals surface area contributed by atoms with Gasteiger partial charge in [-0.2, -0.15) is 0 Å². The van der Waals surface area contributed by atoms with E-state index in [9.17, 15) is 8.78 Å². The summed E-state index contributed by atoms with van der Waals surface area (Å²) in [4.78, 5) is 0. The minimum atomic E-state index is -0.490. The maximum absolute atomic E-state index is 14.9. The first kappa shape index (κ1) is 23.6. The van der Waals surface area contributed by atoms with Crippen LogP contribution in [0.3, 0.4) is 0 Å². The van der Waals surface area contributed by atoms with Crippen LogP contribution >= 0.6 is 0 Å². The minimum Gasteiger partial charge on any atom is -0.207 e. The normalized spacial score (nSPS) is 12.2. The first-order valence-electron chi connectivity index (χ1n) is 11.9. The van der Waals surface area contributed by atoms with Gasteiger partial charge in [-0.15, -0.1) is 0 Å². The second kappa shape index (κ2) is 11.1. The Kier molecular flexibility index (Phi) is 7.69. The van der Waals surface area contributed by atoms with Gasteiger partial charge in [0.05, 0.1) is 0 Å². The zero-order chi connectivity index (χ0) is 23.9. The van der Waals surface area contributed by atoms with Gasteiger partial charge in [-0.3, -0.25) is 0 Å². The van der Waals surface area contributed by atoms with Crippen LogP contribution in [0.4, 0.5) is 8.78 Å². The first-order chi connectivity index (χ1) is 16.5. The molecule has 0 aliphatic carbocycles. The Morgan fingerprint density at radius 2 is 1.24 bits per heavy atom. The van der Waals surface area contributed by atoms with Crippen molar-refractivity contribution in [2.24, 2.45) is 0 Å². The Balaban J connectivity index is 1.49. The van der Waals surface area contributed by atoms with E-state index in [0.717, 1.165) is 35.1 Å². The summed E-state index contributed by atoms with van der Waals surface area (Å²) in [6, 6.07) is 29.2. The lowest BCUT2D eigenvalue weighted by Crippen LogP contribution is -2.04. The van der Waals surface area contributed by atoms with Gasteiger partial charge < -0.3 is 0 Å². The number of halogens is 2. The van der Waals surface area contributed by atoms with E-state index in [-0.39, 0.29) is 11.5 Å². The van der Waals surface area contributed by atoms with Crippen LogP contribution in [0.25, 0.3) is 22.3 Å². The van der Waals surface area contributed by atoms with Crippen LogP contribution in [-0.2, 0) is 12.8 Å². The maximum Gasteiger partial charge on any atom is 0.129 e. The fourth-order valence-corrected chi connectivity index (χ4v) is 4.31. The van der Waals surface area contributed by atoms with Gasteiger partial charge in [0.1, 0.15) is 11.6 Å². The summed E-state index contributed by atoms with van der Waals surface area (Å²) in [7, 11) is 0. The number of benzene rings is 4. The topological polar surface area (TPSA) is 0 Å². The van der Waals surface area contributed by atoms with Crippen molar-refractivity contribution in [3.63, 3.8) is 0 Å². The Bertz CT molecular complexity index is 1210. The van der Waals surface area contributed by atoms with Crippen molar-refractivity contribution in [3.8, 4) is 22.3 Å². The molecule has 0 heterocycles. The van der Waals surface area contributed by atoms with E-state index in [4.69, 9.17) is 0 Å². The average Bonchev–Trinajstić information content (AvgIpc) is 2.87. The summed E-state index contributed by atoms with van der Waals surface area (Å²) in [6.07, 6.45) is 6.65. The van der Waals surface area contributed by atoms with E-state index >= 15 is 0 Å². The van der Waals surface area contributed by atoms with Gasteiger partial charge in [0.2, 0.25) is 0 Å². The summed E-state index contributed by atoms with van der Waals surface area (Å²) in [6.45, 7) is 4.03. The smallest absolute Gasteiger partial charge is 0.129 e. The van der Waals surface area contributed by atoms with Crippen LogP contribution in [0.1, 0.15) is 42.9 Å². The summed E-state index contributed by atoms with van der Waals surface area (Å²) in [5, 5.41) is 0. The van der Waals surface area contributed by atoms with E-state index in [1.54, 1.807) is 0 Å². The van der Waals surface area contributed by atoms with Crippen molar-refractivity contribution in [1.82, 2.24) is 0 Å². The molecule has 0 fully saturated rings. The number of aryl methyl sites for hydroxylation is 1. The molecule has 0 amide bonds. The van der Waals surface area contributed by atoms with Gasteiger partial charge in [-0.1, -0.05) is 97.9 Å². The number of hydrogen-bond acceptors (Lipinski definition) is 0. The van der Waals surface area contributed by atoms with E-state index in [0.29, 0.717) is 12.0 Å². The fraction of sp³-hybridized carbons (Fsp3) is 0.188. The van der Waals surface area contributed by atoms with Crippen molar-refractivity contribution in [1.29, 1.82) is 0 Å². The van der Waals surface area contributed by atoms with Gasteiger partial charge in [0.15, 0.2) is 0 Å². The van der Waals surface area contributed by atoms with E-state index in [1.807, 2.05) is 68.4 Å². The minimum absolute atomic E-state index is 0.0323. The SMILES string of the molecule is C/C=C/CCc1ccc(-c2ccc(-c3cc(F)c(CC(C)c4ccccc4)c(F)c3)cc2)cc1. The Morgan fingerprint density at radius 3 is 1.79 bits per heavy atom. The largest absolute Gasteiger partial charge is 0.207 e. The highest BCUT2D eigenvalue weighted by atomic mass is 19.1. The first-order valence-corrected chi connectivity index (χ1v) is 11.9. The predicted octanol–water partition coefficient (Wildman–Crippen LogP) is 9.15. The van der Waals surface area contributed by atoms with Crippen molar-refractivity contribution in [3.05, 3.63) is 131 Å². The molecular formula is C32H30F2. The molecule has 1 unspecified atom stereocenters. The molecule has 0 saturated heterocycles. The Labute approximate surface area is 201 Å². The highest BCUT2D eigenvalue weighted by molar-refractivity contribution is 5.70. The van der Waals surface area contributed by atoms with E-state index in [1.165, 1.54) is 17.7 Å². The van der Waals surface area contributed by atoms with Gasteiger partial charge >= 0.3 is 0 Å². The van der Waals surface area contributed by atoms with Crippen molar-refractivity contribution < 1.29 is 8.78 Å². The summed E-state index contributed by atoms with van der Waals surface area (Å²) >= 11 is 0. The maximum atomic E-state index is 14.9. The number of hydrogen-bond donors (Lipinski definition) is 0. The zero-order valence-electron chi connectivity index (χ0n) is 19.8. The molecule has 0 aliphatic rings. The molecule has 172 valence electrons. The number of allylic oxidation sites excluding steroid dienone is 2.